The van der Waals surface area contributed by atoms with Crippen molar-refractivity contribution in [2.75, 3.05) is 13.1 Å². The van der Waals surface area contributed by atoms with Gasteiger partial charge in [-0.3, -0.25) is 4.79 Å². The van der Waals surface area contributed by atoms with Gasteiger partial charge in [0.1, 0.15) is 0 Å². The summed E-state index contributed by atoms with van der Waals surface area (Å²) >= 11 is 0. The minimum atomic E-state index is -1.16. The normalized spacial score (nSPS) is 19.6. The summed E-state index contributed by atoms with van der Waals surface area (Å²) < 4.78 is 0. The van der Waals surface area contributed by atoms with Crippen LogP contribution in [-0.2, 0) is 0 Å². The van der Waals surface area contributed by atoms with E-state index in [1.807, 2.05) is 0 Å². The van der Waals surface area contributed by atoms with Crippen LogP contribution in [0.1, 0.15) is 40.7 Å². The maximum absolute atomic E-state index is 12.1. The quantitative estimate of drug-likeness (QED) is 0.820. The Labute approximate surface area is 98.7 Å². The van der Waals surface area contributed by atoms with E-state index in [1.165, 1.54) is 6.33 Å². The molecule has 17 heavy (non-hydrogen) atoms. The van der Waals surface area contributed by atoms with Gasteiger partial charge in [0.25, 0.3) is 5.91 Å². The van der Waals surface area contributed by atoms with Crippen LogP contribution in [-0.4, -0.2) is 44.9 Å². The average molecular weight is 237 g/mol. The zero-order chi connectivity index (χ0) is 12.4. The number of rotatable bonds is 3. The summed E-state index contributed by atoms with van der Waals surface area (Å²) in [5.41, 5.74) is -0.121. The highest BCUT2D eigenvalue weighted by atomic mass is 16.4. The number of aromatic nitrogens is 2. The lowest BCUT2D eigenvalue weighted by molar-refractivity contribution is 0.0674. The molecule has 1 amide bonds. The first-order chi connectivity index (χ1) is 8.13. The molecule has 1 aromatic heterocycles. The largest absolute Gasteiger partial charge is 0.477 e. The van der Waals surface area contributed by atoms with E-state index >= 15 is 0 Å². The number of likely N-dealkylation sites (tertiary alicyclic amines) is 1. The van der Waals surface area contributed by atoms with Gasteiger partial charge in [-0.25, -0.2) is 9.78 Å². The number of aromatic amines is 1. The lowest BCUT2D eigenvalue weighted by Gasteiger charge is -2.15. The van der Waals surface area contributed by atoms with Crippen LogP contribution in [0.4, 0.5) is 0 Å². The van der Waals surface area contributed by atoms with Gasteiger partial charge in [-0.2, -0.15) is 0 Å². The van der Waals surface area contributed by atoms with Crippen molar-refractivity contribution in [1.82, 2.24) is 14.9 Å². The third-order valence-electron chi connectivity index (χ3n) is 3.21. The Morgan fingerprint density at radius 1 is 1.65 bits per heavy atom. The van der Waals surface area contributed by atoms with Crippen LogP contribution in [0, 0.1) is 5.92 Å². The molecule has 6 heteroatoms. The number of carbonyl (C=O) groups excluding carboxylic acids is 1. The van der Waals surface area contributed by atoms with Crippen molar-refractivity contribution in [3.05, 3.63) is 17.7 Å². The molecule has 6 nitrogen and oxygen atoms in total. The first-order valence-electron chi connectivity index (χ1n) is 5.69. The number of nitrogens with one attached hydrogen (secondary N) is 1. The molecule has 2 rings (SSSR count). The number of H-pyrrole nitrogens is 1. The number of imidazole rings is 1. The van der Waals surface area contributed by atoms with Gasteiger partial charge in [0.05, 0.1) is 6.33 Å². The lowest BCUT2D eigenvalue weighted by Crippen LogP contribution is -2.30. The molecule has 1 unspecified atom stereocenters. The van der Waals surface area contributed by atoms with Crippen LogP contribution in [0.15, 0.2) is 6.33 Å². The van der Waals surface area contributed by atoms with Crippen LogP contribution in [0.2, 0.25) is 0 Å². The predicted octanol–water partition coefficient (Wildman–Crippen LogP) is 0.980. The van der Waals surface area contributed by atoms with Crippen LogP contribution >= 0.6 is 0 Å². The SMILES string of the molecule is CCC1CCN(C(=O)c2nc[nH]c2C(=O)O)C1. The highest BCUT2D eigenvalue weighted by Gasteiger charge is 2.29. The predicted molar refractivity (Wildman–Crippen MR) is 59.8 cm³/mol. The maximum Gasteiger partial charge on any atom is 0.354 e. The Balaban J connectivity index is 2.15. The molecule has 2 heterocycles. The Hall–Kier alpha value is -1.85. The van der Waals surface area contributed by atoms with Gasteiger partial charge in [0, 0.05) is 13.1 Å². The number of hydrogen-bond acceptors (Lipinski definition) is 3. The van der Waals surface area contributed by atoms with E-state index in [1.54, 1.807) is 4.90 Å². The van der Waals surface area contributed by atoms with Gasteiger partial charge in [-0.15, -0.1) is 0 Å². The number of nitrogens with zero attached hydrogens (tertiary/aromatic N) is 2. The molecule has 0 radical (unpaired) electrons. The minimum absolute atomic E-state index is 0.00857. The van der Waals surface area contributed by atoms with Gasteiger partial charge in [-0.1, -0.05) is 13.3 Å². The summed E-state index contributed by atoms with van der Waals surface area (Å²) in [5, 5.41) is 8.90. The Morgan fingerprint density at radius 2 is 2.41 bits per heavy atom. The molecular weight excluding hydrogens is 222 g/mol. The fourth-order valence-corrected chi connectivity index (χ4v) is 2.12. The van der Waals surface area contributed by atoms with Crippen molar-refractivity contribution >= 4 is 11.9 Å². The van der Waals surface area contributed by atoms with Crippen molar-refractivity contribution in [2.45, 2.75) is 19.8 Å². The first kappa shape index (κ1) is 11.6. The molecule has 1 saturated heterocycles. The number of carboxylic acids is 1. The summed E-state index contributed by atoms with van der Waals surface area (Å²) in [6.07, 6.45) is 3.26. The highest BCUT2D eigenvalue weighted by Crippen LogP contribution is 2.21. The molecule has 1 aliphatic rings. The fraction of sp³-hybridized carbons (Fsp3) is 0.545. The van der Waals surface area contributed by atoms with Crippen molar-refractivity contribution in [1.29, 1.82) is 0 Å². The van der Waals surface area contributed by atoms with E-state index < -0.39 is 5.97 Å². The topological polar surface area (TPSA) is 86.3 Å². The summed E-state index contributed by atoms with van der Waals surface area (Å²) in [4.78, 5) is 30.9. The summed E-state index contributed by atoms with van der Waals surface area (Å²) in [6.45, 7) is 3.47. The number of aromatic carboxylic acids is 1. The van der Waals surface area contributed by atoms with Gasteiger partial charge in [0.15, 0.2) is 11.4 Å². The molecule has 1 atom stereocenters. The van der Waals surface area contributed by atoms with Crippen LogP contribution in [0.25, 0.3) is 0 Å². The van der Waals surface area contributed by atoms with E-state index in [0.717, 1.165) is 12.8 Å². The van der Waals surface area contributed by atoms with Crippen molar-refractivity contribution < 1.29 is 14.7 Å². The molecular formula is C11H15N3O3. The van der Waals surface area contributed by atoms with Crippen LogP contribution in [0.5, 0.6) is 0 Å². The fourth-order valence-electron chi connectivity index (χ4n) is 2.12. The second-order valence-corrected chi connectivity index (χ2v) is 4.25. The molecule has 2 N–H and O–H groups in total. The zero-order valence-corrected chi connectivity index (χ0v) is 9.64. The lowest BCUT2D eigenvalue weighted by atomic mass is 10.1. The maximum atomic E-state index is 12.1. The van der Waals surface area contributed by atoms with E-state index in [2.05, 4.69) is 16.9 Å². The van der Waals surface area contributed by atoms with Gasteiger partial charge < -0.3 is 15.0 Å². The van der Waals surface area contributed by atoms with E-state index in [4.69, 9.17) is 5.11 Å². The number of carboxylic acid groups (broad SMARTS) is 1. The molecule has 1 fully saturated rings. The first-order valence-corrected chi connectivity index (χ1v) is 5.69. The third kappa shape index (κ3) is 2.15. The van der Waals surface area contributed by atoms with Crippen LogP contribution in [0.3, 0.4) is 0 Å². The molecule has 0 bridgehead atoms. The Kier molecular flexibility index (Phi) is 3.12. The molecule has 0 spiro atoms. The highest BCUT2D eigenvalue weighted by molar-refractivity contribution is 6.02. The molecule has 1 aromatic rings. The molecule has 92 valence electrons. The number of amides is 1. The molecule has 0 aromatic carbocycles. The third-order valence-corrected chi connectivity index (χ3v) is 3.21. The van der Waals surface area contributed by atoms with Crippen LogP contribution < -0.4 is 0 Å². The molecule has 1 aliphatic heterocycles. The molecule has 0 saturated carbocycles. The smallest absolute Gasteiger partial charge is 0.354 e. The van der Waals surface area contributed by atoms with Crippen molar-refractivity contribution in [3.63, 3.8) is 0 Å². The second kappa shape index (κ2) is 4.57. The zero-order valence-electron chi connectivity index (χ0n) is 9.64. The van der Waals surface area contributed by atoms with Gasteiger partial charge >= 0.3 is 5.97 Å². The van der Waals surface area contributed by atoms with E-state index in [0.29, 0.717) is 19.0 Å². The van der Waals surface area contributed by atoms with E-state index in [-0.39, 0.29) is 17.3 Å². The Bertz CT molecular complexity index is 441. The monoisotopic (exact) mass is 237 g/mol. The summed E-state index contributed by atoms with van der Waals surface area (Å²) in [7, 11) is 0. The number of carbonyl (C=O) groups is 2. The van der Waals surface area contributed by atoms with Crippen molar-refractivity contribution in [2.24, 2.45) is 5.92 Å². The standard InChI is InChI=1S/C11H15N3O3/c1-2-7-3-4-14(5-7)10(15)8-9(11(16)17)13-6-12-8/h6-7H,2-5H2,1H3,(H,12,13)(H,16,17). The average Bonchev–Trinajstić information content (AvgIpc) is 2.97. The van der Waals surface area contributed by atoms with Gasteiger partial charge in [-0.05, 0) is 12.3 Å². The molecule has 0 aliphatic carbocycles. The van der Waals surface area contributed by atoms with Gasteiger partial charge in [0.2, 0.25) is 0 Å². The summed E-state index contributed by atoms with van der Waals surface area (Å²) in [5.74, 6) is -0.928. The van der Waals surface area contributed by atoms with E-state index in [9.17, 15) is 9.59 Å². The summed E-state index contributed by atoms with van der Waals surface area (Å²) in [6, 6.07) is 0. The minimum Gasteiger partial charge on any atom is -0.477 e. The number of hydrogen-bond donors (Lipinski definition) is 2. The Morgan fingerprint density at radius 3 is 3.00 bits per heavy atom. The van der Waals surface area contributed by atoms with Crippen molar-refractivity contribution in [3.8, 4) is 0 Å². The second-order valence-electron chi connectivity index (χ2n) is 4.25.